The number of anilines is 1. The van der Waals surface area contributed by atoms with Gasteiger partial charge < -0.3 is 0 Å². The zero-order valence-electron chi connectivity index (χ0n) is 9.05. The third kappa shape index (κ3) is 2.12. The van der Waals surface area contributed by atoms with Crippen LogP contribution in [0.25, 0.3) is 0 Å². The van der Waals surface area contributed by atoms with Crippen LogP contribution in [-0.4, -0.2) is 20.9 Å². The number of carbonyl (C=O) groups is 1. The summed E-state index contributed by atoms with van der Waals surface area (Å²) >= 11 is -0.230. The molecule has 0 radical (unpaired) electrons. The van der Waals surface area contributed by atoms with Crippen molar-refractivity contribution in [2.45, 2.75) is 5.32 Å². The molecule has 1 aromatic rings. The Hall–Kier alpha value is -2.14. The van der Waals surface area contributed by atoms with E-state index in [1.807, 2.05) is 0 Å². The van der Waals surface area contributed by atoms with Crippen LogP contribution in [-0.2, 0) is 4.79 Å². The minimum absolute atomic E-state index is 0.0508. The standard InChI is InChI=1S/C12H6FN3OSe/c13-9-1-3-10(4-2-9)16-11(17)7-18-12(16)8(5-14)6-15/h1-4H,7H2. The molecule has 0 aromatic heterocycles. The average molecular weight is 306 g/mol. The molecule has 0 spiro atoms. The molecule has 0 saturated carbocycles. The van der Waals surface area contributed by atoms with Crippen molar-refractivity contribution in [2.75, 3.05) is 4.90 Å². The van der Waals surface area contributed by atoms with Crippen LogP contribution in [0.4, 0.5) is 10.1 Å². The zero-order chi connectivity index (χ0) is 13.1. The van der Waals surface area contributed by atoms with Gasteiger partial charge in [0.2, 0.25) is 0 Å². The van der Waals surface area contributed by atoms with Gasteiger partial charge in [0.05, 0.1) is 0 Å². The first-order valence-electron chi connectivity index (χ1n) is 4.93. The van der Waals surface area contributed by atoms with E-state index >= 15 is 0 Å². The summed E-state index contributed by atoms with van der Waals surface area (Å²) in [6.07, 6.45) is 0. The SMILES string of the molecule is N#CC(C#N)=C1[Se]CC(=O)N1c1ccc(F)cc1. The summed E-state index contributed by atoms with van der Waals surface area (Å²) in [7, 11) is 0. The van der Waals surface area contributed by atoms with Crippen LogP contribution in [0.1, 0.15) is 0 Å². The Labute approximate surface area is 109 Å². The van der Waals surface area contributed by atoms with Crippen molar-refractivity contribution in [3.8, 4) is 12.1 Å². The molecule has 1 aliphatic heterocycles. The molecule has 1 saturated heterocycles. The van der Waals surface area contributed by atoms with E-state index in [0.717, 1.165) is 0 Å². The Kier molecular flexibility index (Phi) is 3.43. The first-order chi connectivity index (χ1) is 8.67. The quantitative estimate of drug-likeness (QED) is 0.584. The van der Waals surface area contributed by atoms with Gasteiger partial charge in [0, 0.05) is 0 Å². The summed E-state index contributed by atoms with van der Waals surface area (Å²) in [6.45, 7) is 0. The molecule has 0 unspecified atom stereocenters. The van der Waals surface area contributed by atoms with Crippen LogP contribution >= 0.6 is 0 Å². The minimum atomic E-state index is -0.401. The number of rotatable bonds is 1. The average Bonchev–Trinajstić information content (AvgIpc) is 2.74. The van der Waals surface area contributed by atoms with Crippen LogP contribution < -0.4 is 4.90 Å². The summed E-state index contributed by atoms with van der Waals surface area (Å²) < 4.78 is 13.3. The summed E-state index contributed by atoms with van der Waals surface area (Å²) in [4.78, 5) is 13.1. The molecule has 6 heteroatoms. The van der Waals surface area contributed by atoms with Crippen LogP contribution in [0.15, 0.2) is 34.4 Å². The molecule has 88 valence electrons. The van der Waals surface area contributed by atoms with Gasteiger partial charge in [-0.25, -0.2) is 0 Å². The van der Waals surface area contributed by atoms with Gasteiger partial charge in [0.25, 0.3) is 0 Å². The molecule has 4 nitrogen and oxygen atoms in total. The molecule has 2 rings (SSSR count). The Morgan fingerprint density at radius 2 is 1.89 bits per heavy atom. The Bertz CT molecular complexity index is 594. The van der Waals surface area contributed by atoms with Gasteiger partial charge in [-0.2, -0.15) is 0 Å². The maximum atomic E-state index is 12.8. The van der Waals surface area contributed by atoms with Crippen molar-refractivity contribution in [3.05, 3.63) is 40.3 Å². The topological polar surface area (TPSA) is 67.9 Å². The van der Waals surface area contributed by atoms with Gasteiger partial charge >= 0.3 is 109 Å². The van der Waals surface area contributed by atoms with Gasteiger partial charge in [-0.1, -0.05) is 0 Å². The van der Waals surface area contributed by atoms with E-state index in [0.29, 0.717) is 15.6 Å². The molecule has 0 atom stereocenters. The third-order valence-corrected chi connectivity index (χ3v) is 4.51. The molecular formula is C12H6FN3OSe. The monoisotopic (exact) mass is 307 g/mol. The van der Waals surface area contributed by atoms with Crippen LogP contribution in [0, 0.1) is 28.5 Å². The Morgan fingerprint density at radius 1 is 1.28 bits per heavy atom. The van der Waals surface area contributed by atoms with Crippen molar-refractivity contribution < 1.29 is 9.18 Å². The molecule has 0 aliphatic carbocycles. The molecule has 18 heavy (non-hydrogen) atoms. The summed E-state index contributed by atoms with van der Waals surface area (Å²) in [5, 5.41) is 18.0. The molecule has 1 aromatic carbocycles. The Morgan fingerprint density at radius 3 is 2.44 bits per heavy atom. The molecule has 1 heterocycles. The number of allylic oxidation sites excluding steroid dienone is 1. The van der Waals surface area contributed by atoms with Crippen molar-refractivity contribution >= 4 is 26.6 Å². The number of hydrogen-bond acceptors (Lipinski definition) is 3. The van der Waals surface area contributed by atoms with Crippen molar-refractivity contribution in [1.82, 2.24) is 0 Å². The van der Waals surface area contributed by atoms with Crippen molar-refractivity contribution in [1.29, 1.82) is 10.5 Å². The fourth-order valence-electron chi connectivity index (χ4n) is 1.53. The van der Waals surface area contributed by atoms with E-state index in [-0.39, 0.29) is 26.4 Å². The van der Waals surface area contributed by atoms with Gasteiger partial charge in [0.15, 0.2) is 0 Å². The first kappa shape index (κ1) is 12.3. The summed E-state index contributed by atoms with van der Waals surface area (Å²) in [5.74, 6) is -0.568. The second-order valence-corrected chi connectivity index (χ2v) is 5.42. The van der Waals surface area contributed by atoms with E-state index in [9.17, 15) is 9.18 Å². The predicted octanol–water partition coefficient (Wildman–Crippen LogP) is 1.55. The number of amides is 1. The number of hydrogen-bond donors (Lipinski definition) is 0. The van der Waals surface area contributed by atoms with E-state index < -0.39 is 5.82 Å². The van der Waals surface area contributed by atoms with E-state index in [2.05, 4.69) is 0 Å². The van der Waals surface area contributed by atoms with E-state index in [4.69, 9.17) is 10.5 Å². The van der Waals surface area contributed by atoms with E-state index in [1.54, 1.807) is 12.1 Å². The molecule has 1 fully saturated rings. The molecule has 1 amide bonds. The predicted molar refractivity (Wildman–Crippen MR) is 62.7 cm³/mol. The number of benzene rings is 1. The second kappa shape index (κ2) is 5.01. The normalized spacial score (nSPS) is 14.3. The van der Waals surface area contributed by atoms with E-state index in [1.165, 1.54) is 29.2 Å². The molecule has 0 N–H and O–H groups in total. The van der Waals surface area contributed by atoms with Crippen LogP contribution in [0.3, 0.4) is 0 Å². The summed E-state index contributed by atoms with van der Waals surface area (Å²) in [5.41, 5.74) is 0.434. The number of carbonyl (C=O) groups excluding carboxylic acids is 1. The second-order valence-electron chi connectivity index (χ2n) is 3.40. The third-order valence-electron chi connectivity index (χ3n) is 2.31. The number of nitrogens with zero attached hydrogens (tertiary/aromatic N) is 3. The van der Waals surface area contributed by atoms with Crippen molar-refractivity contribution in [3.63, 3.8) is 0 Å². The number of nitriles is 2. The van der Waals surface area contributed by atoms with Crippen LogP contribution in [0.5, 0.6) is 0 Å². The first-order valence-corrected chi connectivity index (χ1v) is 7.00. The number of halogens is 1. The van der Waals surface area contributed by atoms with Gasteiger partial charge in [-0.3, -0.25) is 0 Å². The van der Waals surface area contributed by atoms with Crippen LogP contribution in [0.2, 0.25) is 5.32 Å². The molecular weight excluding hydrogens is 300 g/mol. The van der Waals surface area contributed by atoms with Gasteiger partial charge in [0.1, 0.15) is 0 Å². The van der Waals surface area contributed by atoms with Gasteiger partial charge in [-0.05, 0) is 0 Å². The fourth-order valence-corrected chi connectivity index (χ4v) is 3.55. The molecule has 0 bridgehead atoms. The summed E-state index contributed by atoms with van der Waals surface area (Å²) in [6, 6.07) is 8.98. The zero-order valence-corrected chi connectivity index (χ0v) is 10.8. The maximum absolute atomic E-state index is 12.8. The van der Waals surface area contributed by atoms with Crippen molar-refractivity contribution in [2.24, 2.45) is 0 Å². The Balaban J connectivity index is 2.51. The molecule has 1 aliphatic rings. The fraction of sp³-hybridized carbons (Fsp3) is 0.0833. The van der Waals surface area contributed by atoms with Gasteiger partial charge in [-0.15, -0.1) is 0 Å².